The van der Waals surface area contributed by atoms with Crippen molar-refractivity contribution in [3.63, 3.8) is 0 Å². The highest BCUT2D eigenvalue weighted by Gasteiger charge is 2.14. The van der Waals surface area contributed by atoms with Crippen LogP contribution in [0.2, 0.25) is 0 Å². The largest absolute Gasteiger partial charge is 0.462 e. The Morgan fingerprint density at radius 3 is 2.58 bits per heavy atom. The summed E-state index contributed by atoms with van der Waals surface area (Å²) in [6.07, 6.45) is 2.08. The third-order valence-corrected chi connectivity index (χ3v) is 5.86. The number of carbonyl (C=O) groups excluding carboxylic acids is 1. The summed E-state index contributed by atoms with van der Waals surface area (Å²) in [5.74, 6) is 0.562. The first-order valence-electron chi connectivity index (χ1n) is 8.59. The van der Waals surface area contributed by atoms with Gasteiger partial charge < -0.3 is 9.30 Å². The summed E-state index contributed by atoms with van der Waals surface area (Å²) in [7, 11) is 0. The fourth-order valence-corrected chi connectivity index (χ4v) is 4.18. The molecule has 2 aromatic carbocycles. The first kappa shape index (κ1) is 18.9. The lowest BCUT2D eigenvalue weighted by molar-refractivity contribution is 0.0526. The summed E-state index contributed by atoms with van der Waals surface area (Å²) >= 11 is 3.46. The van der Waals surface area contributed by atoms with Crippen molar-refractivity contribution in [2.24, 2.45) is 0 Å². The second-order valence-electron chi connectivity index (χ2n) is 5.70. The van der Waals surface area contributed by atoms with Crippen molar-refractivity contribution in [1.82, 2.24) is 9.55 Å². The highest BCUT2D eigenvalue weighted by Crippen LogP contribution is 2.28. The molecule has 1 heterocycles. The standard InChI is InChI=1S/C20H22N2O2S2/c1-4-22-18-11-8-15(19(23)24-5-2)12-17(18)21-20(22)26-13-14-6-9-16(25-3)10-7-14/h6-12H,4-5,13H2,1-3H3. The van der Waals surface area contributed by atoms with Crippen LogP contribution in [0.5, 0.6) is 0 Å². The number of aromatic nitrogens is 2. The second-order valence-corrected chi connectivity index (χ2v) is 7.52. The quantitative estimate of drug-likeness (QED) is 0.410. The molecule has 26 heavy (non-hydrogen) atoms. The lowest BCUT2D eigenvalue weighted by atomic mass is 10.2. The normalized spacial score (nSPS) is 11.0. The van der Waals surface area contributed by atoms with Gasteiger partial charge in [0.05, 0.1) is 23.2 Å². The van der Waals surface area contributed by atoms with E-state index in [4.69, 9.17) is 9.72 Å². The van der Waals surface area contributed by atoms with Gasteiger partial charge >= 0.3 is 5.97 Å². The van der Waals surface area contributed by atoms with Crippen molar-refractivity contribution in [3.05, 3.63) is 53.6 Å². The van der Waals surface area contributed by atoms with Gasteiger partial charge in [-0.15, -0.1) is 11.8 Å². The summed E-state index contributed by atoms with van der Waals surface area (Å²) in [6.45, 7) is 5.13. The number of carbonyl (C=O) groups is 1. The fourth-order valence-electron chi connectivity index (χ4n) is 2.73. The molecule has 0 atom stereocenters. The number of benzene rings is 2. The SMILES string of the molecule is CCOC(=O)c1ccc2c(c1)nc(SCc1ccc(SC)cc1)n2CC. The van der Waals surface area contributed by atoms with Gasteiger partial charge in [0.1, 0.15) is 0 Å². The number of rotatable bonds is 7. The molecule has 0 aliphatic rings. The number of nitrogens with zero attached hydrogens (tertiary/aromatic N) is 2. The third kappa shape index (κ3) is 4.07. The van der Waals surface area contributed by atoms with Gasteiger partial charge in [-0.2, -0.15) is 0 Å². The van der Waals surface area contributed by atoms with Crippen molar-refractivity contribution in [2.45, 2.75) is 36.2 Å². The predicted octanol–water partition coefficient (Wildman–Crippen LogP) is 5.25. The highest BCUT2D eigenvalue weighted by atomic mass is 32.2. The Kier molecular flexibility index (Phi) is 6.27. The summed E-state index contributed by atoms with van der Waals surface area (Å²) < 4.78 is 7.27. The van der Waals surface area contributed by atoms with Crippen LogP contribution in [0.25, 0.3) is 11.0 Å². The molecule has 0 N–H and O–H groups in total. The van der Waals surface area contributed by atoms with Gasteiger partial charge in [-0.25, -0.2) is 9.78 Å². The average molecular weight is 387 g/mol. The topological polar surface area (TPSA) is 44.1 Å². The number of imidazole rings is 1. The Morgan fingerprint density at radius 2 is 1.92 bits per heavy atom. The molecule has 0 amide bonds. The van der Waals surface area contributed by atoms with Gasteiger partial charge in [-0.1, -0.05) is 23.9 Å². The van der Waals surface area contributed by atoms with Crippen LogP contribution >= 0.6 is 23.5 Å². The first-order valence-corrected chi connectivity index (χ1v) is 10.8. The summed E-state index contributed by atoms with van der Waals surface area (Å²) in [6, 6.07) is 14.2. The van der Waals surface area contributed by atoms with Crippen LogP contribution < -0.4 is 0 Å². The minimum Gasteiger partial charge on any atom is -0.462 e. The van der Waals surface area contributed by atoms with E-state index in [2.05, 4.69) is 42.0 Å². The maximum absolute atomic E-state index is 11.9. The van der Waals surface area contributed by atoms with E-state index < -0.39 is 0 Å². The van der Waals surface area contributed by atoms with Crippen molar-refractivity contribution >= 4 is 40.5 Å². The second kappa shape index (κ2) is 8.64. The highest BCUT2D eigenvalue weighted by molar-refractivity contribution is 7.98. The maximum atomic E-state index is 11.9. The zero-order chi connectivity index (χ0) is 18.5. The minimum atomic E-state index is -0.302. The molecular weight excluding hydrogens is 364 g/mol. The van der Waals surface area contributed by atoms with Crippen LogP contribution in [0.4, 0.5) is 0 Å². The lowest BCUT2D eigenvalue weighted by Crippen LogP contribution is -2.04. The zero-order valence-corrected chi connectivity index (χ0v) is 16.8. The molecule has 3 rings (SSSR count). The van der Waals surface area contributed by atoms with E-state index in [1.54, 1.807) is 23.5 Å². The third-order valence-electron chi connectivity index (χ3n) is 4.07. The number of esters is 1. The first-order chi connectivity index (χ1) is 12.7. The van der Waals surface area contributed by atoms with Crippen molar-refractivity contribution in [3.8, 4) is 0 Å². The van der Waals surface area contributed by atoms with E-state index in [0.717, 1.165) is 28.5 Å². The van der Waals surface area contributed by atoms with Crippen molar-refractivity contribution in [1.29, 1.82) is 0 Å². The molecule has 0 bridgehead atoms. The Balaban J connectivity index is 1.83. The summed E-state index contributed by atoms with van der Waals surface area (Å²) in [5, 5.41) is 0.970. The van der Waals surface area contributed by atoms with E-state index >= 15 is 0 Å². The molecule has 0 spiro atoms. The van der Waals surface area contributed by atoms with Gasteiger partial charge in [0, 0.05) is 17.2 Å². The summed E-state index contributed by atoms with van der Waals surface area (Å²) in [5.41, 5.74) is 3.69. The van der Waals surface area contributed by atoms with Crippen molar-refractivity contribution in [2.75, 3.05) is 12.9 Å². The summed E-state index contributed by atoms with van der Waals surface area (Å²) in [4.78, 5) is 18.0. The van der Waals surface area contributed by atoms with E-state index in [1.165, 1.54) is 10.5 Å². The average Bonchev–Trinajstić information content (AvgIpc) is 3.03. The monoisotopic (exact) mass is 386 g/mol. The van der Waals surface area contributed by atoms with Gasteiger partial charge in [0.2, 0.25) is 0 Å². The minimum absolute atomic E-state index is 0.302. The number of ether oxygens (including phenoxy) is 1. The molecular formula is C20H22N2O2S2. The number of aryl methyl sites for hydroxylation is 1. The molecule has 136 valence electrons. The van der Waals surface area contributed by atoms with E-state index in [9.17, 15) is 4.79 Å². The molecule has 3 aromatic rings. The van der Waals surface area contributed by atoms with E-state index in [-0.39, 0.29) is 5.97 Å². The van der Waals surface area contributed by atoms with E-state index in [1.807, 2.05) is 25.1 Å². The Hall–Kier alpha value is -1.92. The molecule has 0 saturated heterocycles. The van der Waals surface area contributed by atoms with Crippen LogP contribution in [0.15, 0.2) is 52.5 Å². The maximum Gasteiger partial charge on any atom is 0.338 e. The molecule has 6 heteroatoms. The Bertz CT molecular complexity index is 904. The molecule has 0 radical (unpaired) electrons. The molecule has 0 unspecified atom stereocenters. The smallest absolute Gasteiger partial charge is 0.338 e. The van der Waals surface area contributed by atoms with Crippen LogP contribution in [-0.2, 0) is 17.0 Å². The molecule has 0 fully saturated rings. The number of hydrogen-bond acceptors (Lipinski definition) is 5. The Morgan fingerprint density at radius 1 is 1.15 bits per heavy atom. The van der Waals surface area contributed by atoms with Gasteiger partial charge in [-0.05, 0) is 56.0 Å². The van der Waals surface area contributed by atoms with Crippen LogP contribution in [0.1, 0.15) is 29.8 Å². The van der Waals surface area contributed by atoms with Gasteiger partial charge in [0.15, 0.2) is 5.16 Å². The Labute approximate surface area is 162 Å². The number of fused-ring (bicyclic) bond motifs is 1. The predicted molar refractivity (Wildman–Crippen MR) is 109 cm³/mol. The van der Waals surface area contributed by atoms with Crippen molar-refractivity contribution < 1.29 is 9.53 Å². The van der Waals surface area contributed by atoms with Gasteiger partial charge in [-0.3, -0.25) is 0 Å². The molecule has 1 aromatic heterocycles. The lowest BCUT2D eigenvalue weighted by Gasteiger charge is -2.06. The van der Waals surface area contributed by atoms with Crippen LogP contribution in [-0.4, -0.2) is 28.4 Å². The van der Waals surface area contributed by atoms with E-state index in [0.29, 0.717) is 12.2 Å². The van der Waals surface area contributed by atoms with Crippen LogP contribution in [0, 0.1) is 0 Å². The molecule has 4 nitrogen and oxygen atoms in total. The molecule has 0 aliphatic carbocycles. The molecule has 0 saturated carbocycles. The fraction of sp³-hybridized carbons (Fsp3) is 0.300. The molecule has 0 aliphatic heterocycles. The zero-order valence-electron chi connectivity index (χ0n) is 15.2. The number of hydrogen-bond donors (Lipinski definition) is 0. The van der Waals surface area contributed by atoms with Crippen LogP contribution in [0.3, 0.4) is 0 Å². The number of thioether (sulfide) groups is 2. The van der Waals surface area contributed by atoms with Gasteiger partial charge in [0.25, 0.3) is 0 Å².